The standard InChI is InChI=1S/C27H22NO2/c1-15-9-12-21(28(4)14-15)24-17(3)13-16(2)23-20-11-10-19-18-7-5-6-8-22(18)29-25(19)26(20)30-27(23)24/h5-14H,1-4H3/q+1/i1D3,2D3. The zero-order valence-electron chi connectivity index (χ0n) is 22.5. The molecule has 6 aromatic rings. The molecule has 0 amide bonds. The number of aromatic nitrogens is 1. The van der Waals surface area contributed by atoms with Crippen molar-refractivity contribution in [2.24, 2.45) is 7.05 Å². The van der Waals surface area contributed by atoms with Crippen LogP contribution in [0, 0.1) is 20.6 Å². The highest BCUT2D eigenvalue weighted by Gasteiger charge is 2.24. The Morgan fingerprint density at radius 1 is 0.800 bits per heavy atom. The van der Waals surface area contributed by atoms with Crippen molar-refractivity contribution in [2.75, 3.05) is 0 Å². The molecule has 0 aliphatic carbocycles. The predicted octanol–water partition coefficient (Wildman–Crippen LogP) is 6.90. The maximum Gasteiger partial charge on any atom is 0.216 e. The summed E-state index contributed by atoms with van der Waals surface area (Å²) in [5.74, 6) is 0. The molecule has 3 heterocycles. The average molecular weight is 399 g/mol. The Bertz CT molecular complexity index is 1840. The lowest BCUT2D eigenvalue weighted by Gasteiger charge is -2.08. The van der Waals surface area contributed by atoms with Gasteiger partial charge in [0.25, 0.3) is 0 Å². The summed E-state index contributed by atoms with van der Waals surface area (Å²) in [4.78, 5) is 0. The Labute approximate surface area is 182 Å². The molecule has 0 bridgehead atoms. The third-order valence-corrected chi connectivity index (χ3v) is 5.84. The number of aryl methyl sites for hydroxylation is 4. The molecular weight excluding hydrogens is 370 g/mol. The molecule has 0 radical (unpaired) electrons. The van der Waals surface area contributed by atoms with E-state index in [2.05, 4.69) is 0 Å². The fraction of sp³-hybridized carbons (Fsp3) is 0.148. The third kappa shape index (κ3) is 2.23. The van der Waals surface area contributed by atoms with Crippen LogP contribution in [-0.2, 0) is 7.05 Å². The summed E-state index contributed by atoms with van der Waals surface area (Å²) in [5.41, 5.74) is 4.75. The van der Waals surface area contributed by atoms with Gasteiger partial charge in [0.1, 0.15) is 18.2 Å². The summed E-state index contributed by atoms with van der Waals surface area (Å²) in [6, 6.07) is 16.5. The quantitative estimate of drug-likeness (QED) is 0.282. The summed E-state index contributed by atoms with van der Waals surface area (Å²) >= 11 is 0. The maximum atomic E-state index is 8.23. The Balaban J connectivity index is 1.76. The van der Waals surface area contributed by atoms with Crippen LogP contribution in [0.3, 0.4) is 0 Å². The van der Waals surface area contributed by atoms with Crippen LogP contribution in [0.4, 0.5) is 0 Å². The van der Waals surface area contributed by atoms with Gasteiger partial charge in [0.05, 0.1) is 5.56 Å². The number of para-hydroxylation sites is 1. The molecule has 0 atom stereocenters. The van der Waals surface area contributed by atoms with Crippen LogP contribution in [0.25, 0.3) is 55.1 Å². The molecule has 0 aliphatic heterocycles. The van der Waals surface area contributed by atoms with E-state index in [1.165, 1.54) is 0 Å². The topological polar surface area (TPSA) is 30.2 Å². The molecule has 0 N–H and O–H groups in total. The molecule has 0 saturated carbocycles. The van der Waals surface area contributed by atoms with E-state index in [0.29, 0.717) is 44.3 Å². The van der Waals surface area contributed by atoms with Crippen LogP contribution in [-0.4, -0.2) is 0 Å². The summed E-state index contributed by atoms with van der Waals surface area (Å²) in [6.07, 6.45) is 1.57. The first kappa shape index (κ1) is 12.2. The van der Waals surface area contributed by atoms with Crippen LogP contribution in [0.1, 0.15) is 24.9 Å². The Kier molecular flexibility index (Phi) is 2.42. The summed E-state index contributed by atoms with van der Waals surface area (Å²) in [7, 11) is 1.77. The Hall–Kier alpha value is -3.59. The SMILES string of the molecule is [2H]C([2H])([2H])c1ccc(-c2c(C)cc(C([2H])([2H])[2H])c3c2oc2c3ccc3c4ccccc4oc32)[n+](C)c1. The van der Waals surface area contributed by atoms with E-state index >= 15 is 0 Å². The highest BCUT2D eigenvalue weighted by molar-refractivity contribution is 6.20. The number of benzene rings is 3. The van der Waals surface area contributed by atoms with Crippen LogP contribution in [0.5, 0.6) is 0 Å². The van der Waals surface area contributed by atoms with E-state index in [9.17, 15) is 0 Å². The number of rotatable bonds is 1. The van der Waals surface area contributed by atoms with Crippen molar-refractivity contribution in [3.8, 4) is 11.3 Å². The van der Waals surface area contributed by atoms with Gasteiger partial charge in [-0.2, -0.15) is 0 Å². The summed E-state index contributed by atoms with van der Waals surface area (Å²) < 4.78 is 62.3. The average Bonchev–Trinajstić information content (AvgIpc) is 3.36. The highest BCUT2D eigenvalue weighted by atomic mass is 16.4. The van der Waals surface area contributed by atoms with Crippen LogP contribution >= 0.6 is 0 Å². The van der Waals surface area contributed by atoms with Gasteiger partial charge in [-0.25, -0.2) is 4.57 Å². The van der Waals surface area contributed by atoms with E-state index in [1.54, 1.807) is 36.0 Å². The first-order chi connectivity index (χ1) is 16.9. The van der Waals surface area contributed by atoms with E-state index in [0.717, 1.165) is 16.4 Å². The number of hydrogen-bond acceptors (Lipinski definition) is 2. The lowest BCUT2D eigenvalue weighted by molar-refractivity contribution is -0.660. The zero-order valence-corrected chi connectivity index (χ0v) is 16.5. The van der Waals surface area contributed by atoms with Crippen molar-refractivity contribution in [3.63, 3.8) is 0 Å². The van der Waals surface area contributed by atoms with Crippen molar-refractivity contribution < 1.29 is 21.6 Å². The maximum absolute atomic E-state index is 8.23. The van der Waals surface area contributed by atoms with Crippen LogP contribution in [0.15, 0.2) is 69.6 Å². The molecule has 3 aromatic carbocycles. The molecule has 0 unspecified atom stereocenters. The highest BCUT2D eigenvalue weighted by Crippen LogP contribution is 2.43. The minimum Gasteiger partial charge on any atom is -0.452 e. The minimum atomic E-state index is -2.37. The number of nitrogens with zero attached hydrogens (tertiary/aromatic N) is 1. The molecule has 3 nitrogen and oxygen atoms in total. The van der Waals surface area contributed by atoms with Gasteiger partial charge in [-0.1, -0.05) is 24.3 Å². The van der Waals surface area contributed by atoms with E-state index in [-0.39, 0.29) is 11.1 Å². The number of furan rings is 2. The number of fused-ring (bicyclic) bond motifs is 7. The van der Waals surface area contributed by atoms with Gasteiger partial charge in [0, 0.05) is 41.4 Å². The smallest absolute Gasteiger partial charge is 0.216 e. The second kappa shape index (κ2) is 5.96. The van der Waals surface area contributed by atoms with Gasteiger partial charge in [0.15, 0.2) is 17.4 Å². The van der Waals surface area contributed by atoms with Gasteiger partial charge in [-0.05, 0) is 56.0 Å². The van der Waals surface area contributed by atoms with E-state index in [1.807, 2.05) is 43.3 Å². The zero-order chi connectivity index (χ0) is 25.6. The Morgan fingerprint density at radius 3 is 2.47 bits per heavy atom. The molecule has 6 rings (SSSR count). The molecule has 3 aromatic heterocycles. The predicted molar refractivity (Wildman–Crippen MR) is 122 cm³/mol. The lowest BCUT2D eigenvalue weighted by Crippen LogP contribution is -2.31. The fourth-order valence-electron chi connectivity index (χ4n) is 4.51. The molecule has 0 aliphatic rings. The second-order valence-electron chi connectivity index (χ2n) is 7.75. The molecule has 0 fully saturated rings. The van der Waals surface area contributed by atoms with Crippen molar-refractivity contribution in [3.05, 3.63) is 77.5 Å². The summed E-state index contributed by atoms with van der Waals surface area (Å²) in [6.45, 7) is -2.77. The largest absolute Gasteiger partial charge is 0.452 e. The van der Waals surface area contributed by atoms with Crippen molar-refractivity contribution in [1.29, 1.82) is 0 Å². The lowest BCUT2D eigenvalue weighted by atomic mass is 9.96. The van der Waals surface area contributed by atoms with E-state index in [4.69, 9.17) is 17.1 Å². The first-order valence-electron chi connectivity index (χ1n) is 12.8. The molecule has 3 heteroatoms. The van der Waals surface area contributed by atoms with E-state index < -0.39 is 13.7 Å². The normalized spacial score (nSPS) is 15.8. The number of pyridine rings is 1. The van der Waals surface area contributed by atoms with Gasteiger partial charge < -0.3 is 8.83 Å². The van der Waals surface area contributed by atoms with Gasteiger partial charge in [0.2, 0.25) is 5.69 Å². The van der Waals surface area contributed by atoms with Crippen LogP contribution in [0.2, 0.25) is 0 Å². The van der Waals surface area contributed by atoms with Gasteiger partial charge >= 0.3 is 0 Å². The van der Waals surface area contributed by atoms with Gasteiger partial charge in [-0.3, -0.25) is 0 Å². The van der Waals surface area contributed by atoms with Crippen molar-refractivity contribution >= 4 is 43.9 Å². The van der Waals surface area contributed by atoms with Gasteiger partial charge in [-0.15, -0.1) is 0 Å². The molecule has 0 saturated heterocycles. The molecular formula is C27H22NO2+. The number of hydrogen-bond donors (Lipinski definition) is 0. The molecule has 30 heavy (non-hydrogen) atoms. The second-order valence-corrected chi connectivity index (χ2v) is 7.75. The Morgan fingerprint density at radius 2 is 1.63 bits per heavy atom. The third-order valence-electron chi connectivity index (χ3n) is 5.84. The minimum absolute atomic E-state index is 0.203. The molecule has 146 valence electrons. The fourth-order valence-corrected chi connectivity index (χ4v) is 4.51. The molecule has 0 spiro atoms. The van der Waals surface area contributed by atoms with Crippen molar-refractivity contribution in [2.45, 2.75) is 20.6 Å². The van der Waals surface area contributed by atoms with Crippen LogP contribution < -0.4 is 4.57 Å². The summed E-state index contributed by atoms with van der Waals surface area (Å²) in [5, 5.41) is 3.01. The van der Waals surface area contributed by atoms with Crippen molar-refractivity contribution in [1.82, 2.24) is 0 Å². The monoisotopic (exact) mass is 398 g/mol. The first-order valence-corrected chi connectivity index (χ1v) is 9.76.